The van der Waals surface area contributed by atoms with Gasteiger partial charge >= 0.3 is 0 Å². The van der Waals surface area contributed by atoms with Gasteiger partial charge in [0.05, 0.1) is 34.3 Å². The molecule has 252 valence electrons. The summed E-state index contributed by atoms with van der Waals surface area (Å²) in [6, 6.07) is 20.2. The summed E-state index contributed by atoms with van der Waals surface area (Å²) in [6.07, 6.45) is 5.01. The summed E-state index contributed by atoms with van der Waals surface area (Å²) in [6.45, 7) is 9.87. The molecule has 0 fully saturated rings. The van der Waals surface area contributed by atoms with Crippen LogP contribution in [-0.4, -0.2) is 48.5 Å². The number of carbonyl (C=O) groups is 1. The zero-order valence-electron chi connectivity index (χ0n) is 27.4. The summed E-state index contributed by atoms with van der Waals surface area (Å²) in [5.74, 6) is -1.27. The molecule has 2 N–H and O–H groups in total. The van der Waals surface area contributed by atoms with Gasteiger partial charge in [-0.1, -0.05) is 30.8 Å². The summed E-state index contributed by atoms with van der Waals surface area (Å²) in [5, 5.41) is 5.91. The number of methoxy groups -OCH3 is 1. The van der Waals surface area contributed by atoms with Crippen molar-refractivity contribution in [2.75, 3.05) is 32.2 Å². The number of benzene rings is 2. The van der Waals surface area contributed by atoms with Crippen molar-refractivity contribution in [2.24, 2.45) is 4.99 Å². The van der Waals surface area contributed by atoms with Gasteiger partial charge in [-0.15, -0.1) is 11.3 Å². The van der Waals surface area contributed by atoms with Gasteiger partial charge in [0.2, 0.25) is 0 Å². The Morgan fingerprint density at radius 3 is 2.61 bits per heavy atom. The van der Waals surface area contributed by atoms with Crippen LogP contribution in [-0.2, 0) is 11.3 Å². The lowest BCUT2D eigenvalue weighted by atomic mass is 10.2. The van der Waals surface area contributed by atoms with E-state index in [4.69, 9.17) is 14.2 Å². The Balaban J connectivity index is 1.32. The number of ether oxygens (including phenoxy) is 3. The average Bonchev–Trinajstić information content (AvgIpc) is 3.53. The summed E-state index contributed by atoms with van der Waals surface area (Å²) < 4.78 is 33.2. The maximum absolute atomic E-state index is 15.4. The molecule has 0 aliphatic rings. The van der Waals surface area contributed by atoms with E-state index in [1.807, 2.05) is 30.5 Å². The third kappa shape index (κ3) is 8.54. The molecule has 10 nitrogen and oxygen atoms in total. The highest BCUT2D eigenvalue weighted by atomic mass is 32.1. The number of amides is 1. The molecule has 0 saturated heterocycles. The molecule has 0 aliphatic heterocycles. The van der Waals surface area contributed by atoms with Crippen LogP contribution in [0.5, 0.6) is 11.5 Å². The molecular weight excluding hydrogens is 646 g/mol. The highest BCUT2D eigenvalue weighted by Gasteiger charge is 2.21. The first-order valence-corrected chi connectivity index (χ1v) is 16.3. The first kappa shape index (κ1) is 34.9. The van der Waals surface area contributed by atoms with Gasteiger partial charge in [0.25, 0.3) is 11.5 Å². The molecule has 0 saturated carbocycles. The molecule has 3 aromatic heterocycles. The molecule has 5 aromatic rings. The van der Waals surface area contributed by atoms with E-state index in [9.17, 15) is 9.59 Å². The second kappa shape index (κ2) is 16.6. The molecule has 1 amide bonds. The number of nitrogens with zero attached hydrogens (tertiary/aromatic N) is 3. The van der Waals surface area contributed by atoms with Gasteiger partial charge in [-0.2, -0.15) is 0 Å². The minimum atomic E-state index is -0.743. The number of halogens is 1. The largest absolute Gasteiger partial charge is 0.493 e. The van der Waals surface area contributed by atoms with Crippen molar-refractivity contribution in [3.8, 4) is 27.8 Å². The molecule has 2 aromatic carbocycles. The highest BCUT2D eigenvalue weighted by molar-refractivity contribution is 7.17. The minimum Gasteiger partial charge on any atom is -0.493 e. The normalized spacial score (nSPS) is 11.1. The molecule has 3 heterocycles. The topological polar surface area (TPSA) is 116 Å². The van der Waals surface area contributed by atoms with Gasteiger partial charge in [-0.25, -0.2) is 4.39 Å². The predicted molar refractivity (Wildman–Crippen MR) is 192 cm³/mol. The number of rotatable bonds is 15. The lowest BCUT2D eigenvalue weighted by Gasteiger charge is -2.14. The SMILES string of the molecule is C=C(Oc1ccc(NC(=O)c2c(OCC)ccn(-c3ccccc3)c2=O)cc1F)c1sc(-c2ccc(CNCCOC)cn2)cc1N=CC. The summed E-state index contributed by atoms with van der Waals surface area (Å²) >= 11 is 1.38. The van der Waals surface area contributed by atoms with E-state index in [1.165, 1.54) is 28.0 Å². The van der Waals surface area contributed by atoms with Crippen molar-refractivity contribution in [1.29, 1.82) is 0 Å². The van der Waals surface area contributed by atoms with Gasteiger partial charge in [-0.3, -0.25) is 24.1 Å². The van der Waals surface area contributed by atoms with E-state index in [0.29, 0.717) is 29.4 Å². The van der Waals surface area contributed by atoms with E-state index < -0.39 is 17.3 Å². The van der Waals surface area contributed by atoms with E-state index >= 15 is 4.39 Å². The number of carbonyl (C=O) groups excluding carboxylic acids is 1. The number of para-hydroxylation sites is 1. The Hall–Kier alpha value is -5.43. The third-order valence-corrected chi connectivity index (χ3v) is 8.35. The van der Waals surface area contributed by atoms with Crippen LogP contribution in [0.2, 0.25) is 0 Å². The van der Waals surface area contributed by atoms with E-state index in [-0.39, 0.29) is 35.1 Å². The van der Waals surface area contributed by atoms with Crippen molar-refractivity contribution in [3.05, 3.63) is 124 Å². The van der Waals surface area contributed by atoms with Crippen molar-refractivity contribution in [3.63, 3.8) is 0 Å². The van der Waals surface area contributed by atoms with Crippen LogP contribution in [0.3, 0.4) is 0 Å². The predicted octanol–water partition coefficient (Wildman–Crippen LogP) is 7.26. The summed E-state index contributed by atoms with van der Waals surface area (Å²) in [7, 11) is 1.66. The molecule has 0 spiro atoms. The van der Waals surface area contributed by atoms with Crippen LogP contribution in [0, 0.1) is 5.82 Å². The van der Waals surface area contributed by atoms with Crippen molar-refractivity contribution >= 4 is 40.6 Å². The van der Waals surface area contributed by atoms with Gasteiger partial charge in [0, 0.05) is 56.2 Å². The standard InChI is InChI=1S/C37H36FN5O5S/c1-5-40-30-21-33(29-14-12-25(23-41-29)22-39-17-19-46-4)49-35(30)24(3)48-31-15-13-26(20-28(31)38)42-36(44)34-32(47-6-2)16-18-43(37(34)45)27-10-8-7-9-11-27/h5,7-16,18,20-21,23,39H,3,6,17,19,22H2,1-2,4H3,(H,42,44). The van der Waals surface area contributed by atoms with Crippen LogP contribution in [0.15, 0.2) is 102 Å². The van der Waals surface area contributed by atoms with Gasteiger partial charge in [0.1, 0.15) is 17.1 Å². The maximum Gasteiger partial charge on any atom is 0.271 e. The lowest BCUT2D eigenvalue weighted by molar-refractivity contribution is 0.102. The Bertz CT molecular complexity index is 2010. The molecule has 5 rings (SSSR count). The Kier molecular flexibility index (Phi) is 11.8. The number of hydrogen-bond acceptors (Lipinski definition) is 9. The van der Waals surface area contributed by atoms with E-state index in [0.717, 1.165) is 28.7 Å². The molecule has 0 radical (unpaired) electrons. The fourth-order valence-corrected chi connectivity index (χ4v) is 5.84. The van der Waals surface area contributed by atoms with Gasteiger partial charge in [-0.05, 0) is 61.9 Å². The zero-order valence-corrected chi connectivity index (χ0v) is 28.2. The van der Waals surface area contributed by atoms with Crippen molar-refractivity contribution < 1.29 is 23.4 Å². The highest BCUT2D eigenvalue weighted by Crippen LogP contribution is 2.40. The Labute approximate surface area is 287 Å². The molecule has 0 unspecified atom stereocenters. The molecular formula is C37H36FN5O5S. The Morgan fingerprint density at radius 1 is 1.10 bits per heavy atom. The fraction of sp³-hybridized carbons (Fsp3) is 0.189. The number of hydrogen-bond donors (Lipinski definition) is 2. The number of anilines is 1. The number of pyridine rings is 2. The molecule has 49 heavy (non-hydrogen) atoms. The fourth-order valence-electron chi connectivity index (χ4n) is 4.85. The lowest BCUT2D eigenvalue weighted by Crippen LogP contribution is -2.29. The second-order valence-electron chi connectivity index (χ2n) is 10.6. The smallest absolute Gasteiger partial charge is 0.271 e. The van der Waals surface area contributed by atoms with Crippen LogP contribution >= 0.6 is 11.3 Å². The number of thiophene rings is 1. The quantitative estimate of drug-likeness (QED) is 0.0679. The summed E-state index contributed by atoms with van der Waals surface area (Å²) in [4.78, 5) is 37.3. The molecule has 0 atom stereocenters. The number of nitrogens with one attached hydrogen (secondary N) is 2. The van der Waals surface area contributed by atoms with Crippen LogP contribution in [0.4, 0.5) is 15.8 Å². The zero-order chi connectivity index (χ0) is 34.8. The van der Waals surface area contributed by atoms with Crippen LogP contribution in [0.25, 0.3) is 22.0 Å². The van der Waals surface area contributed by atoms with E-state index in [2.05, 4.69) is 27.2 Å². The van der Waals surface area contributed by atoms with Crippen LogP contribution < -0.4 is 25.7 Å². The van der Waals surface area contributed by atoms with Crippen LogP contribution in [0.1, 0.15) is 34.6 Å². The Morgan fingerprint density at radius 2 is 1.92 bits per heavy atom. The molecule has 12 heteroatoms. The van der Waals surface area contributed by atoms with Crippen molar-refractivity contribution in [2.45, 2.75) is 20.4 Å². The first-order chi connectivity index (χ1) is 23.8. The number of aliphatic imine (C=N–C) groups is 1. The summed E-state index contributed by atoms with van der Waals surface area (Å²) in [5.41, 5.74) is 2.32. The average molecular weight is 682 g/mol. The van der Waals surface area contributed by atoms with Gasteiger partial charge < -0.3 is 24.8 Å². The minimum absolute atomic E-state index is 0.103. The third-order valence-electron chi connectivity index (χ3n) is 7.16. The van der Waals surface area contributed by atoms with Gasteiger partial charge in [0.15, 0.2) is 11.6 Å². The van der Waals surface area contributed by atoms with E-state index in [1.54, 1.807) is 63.7 Å². The second-order valence-corrected chi connectivity index (χ2v) is 11.6. The van der Waals surface area contributed by atoms with Crippen molar-refractivity contribution in [1.82, 2.24) is 14.9 Å². The molecule has 0 bridgehead atoms. The number of aromatic nitrogens is 2. The monoisotopic (exact) mass is 681 g/mol. The molecule has 0 aliphatic carbocycles. The maximum atomic E-state index is 15.4. The first-order valence-electron chi connectivity index (χ1n) is 15.5.